The van der Waals surface area contributed by atoms with Crippen molar-refractivity contribution in [1.82, 2.24) is 13.6 Å². The second-order valence-corrected chi connectivity index (χ2v) is 11.3. The maximum atomic E-state index is 12.9. The number of pyridine rings is 1. The molecule has 0 aliphatic carbocycles. The van der Waals surface area contributed by atoms with E-state index in [2.05, 4.69) is 10.3 Å². The van der Waals surface area contributed by atoms with Crippen LogP contribution in [0.3, 0.4) is 0 Å². The van der Waals surface area contributed by atoms with Crippen molar-refractivity contribution in [2.45, 2.75) is 42.5 Å². The van der Waals surface area contributed by atoms with Crippen molar-refractivity contribution in [1.29, 1.82) is 0 Å². The van der Waals surface area contributed by atoms with Crippen LogP contribution in [-0.4, -0.2) is 69.8 Å². The molecule has 2 heterocycles. The fraction of sp³-hybridized carbons (Fsp3) is 0.476. The van der Waals surface area contributed by atoms with Gasteiger partial charge in [0.25, 0.3) is 0 Å². The van der Waals surface area contributed by atoms with Gasteiger partial charge in [0, 0.05) is 38.4 Å². The molecule has 0 atom stereocenters. The number of hydrogen-bond donors (Lipinski definition) is 1. The van der Waals surface area contributed by atoms with Crippen LogP contribution in [0, 0.1) is 0 Å². The van der Waals surface area contributed by atoms with Crippen LogP contribution in [0.1, 0.15) is 26.7 Å². The third-order valence-electron chi connectivity index (χ3n) is 5.58. The minimum Gasteiger partial charge on any atom is -0.497 e. The molecule has 0 bridgehead atoms. The number of piperidine rings is 1. The summed E-state index contributed by atoms with van der Waals surface area (Å²) in [4.78, 5) is 4.67. The number of benzene rings is 1. The Morgan fingerprint density at radius 2 is 1.59 bits per heavy atom. The standard InChI is InChI=1S/C21H30N4O5S2/c1-4-24(5-2)32(28,29)20-10-11-21(22-16-20)23-17-12-14-25(15-13-17)31(26,27)19-8-6-18(30-3)7-9-19/h6-11,16-17H,4-5,12-15H2,1-3H3,(H,22,23). The highest BCUT2D eigenvalue weighted by molar-refractivity contribution is 7.89. The molecule has 2 aromatic rings. The molecule has 1 fully saturated rings. The van der Waals surface area contributed by atoms with E-state index in [1.54, 1.807) is 50.2 Å². The molecular weight excluding hydrogens is 452 g/mol. The lowest BCUT2D eigenvalue weighted by molar-refractivity contribution is 0.329. The van der Waals surface area contributed by atoms with E-state index in [0.29, 0.717) is 50.6 Å². The van der Waals surface area contributed by atoms with Crippen LogP contribution < -0.4 is 10.1 Å². The molecule has 32 heavy (non-hydrogen) atoms. The van der Waals surface area contributed by atoms with Crippen LogP contribution in [0.5, 0.6) is 5.75 Å². The summed E-state index contributed by atoms with van der Waals surface area (Å²) in [5, 5.41) is 3.29. The molecule has 1 aromatic heterocycles. The van der Waals surface area contributed by atoms with Gasteiger partial charge in [-0.3, -0.25) is 0 Å². The lowest BCUT2D eigenvalue weighted by atomic mass is 10.1. The zero-order chi connectivity index (χ0) is 23.4. The minimum atomic E-state index is -3.56. The topological polar surface area (TPSA) is 109 Å². The molecule has 0 spiro atoms. The molecule has 176 valence electrons. The predicted octanol–water partition coefficient (Wildman–Crippen LogP) is 2.39. The van der Waals surface area contributed by atoms with Crippen LogP contribution in [0.25, 0.3) is 0 Å². The molecular formula is C21H30N4O5S2. The first-order chi connectivity index (χ1) is 15.2. The number of sulfonamides is 2. The number of hydrogen-bond acceptors (Lipinski definition) is 7. The van der Waals surface area contributed by atoms with Gasteiger partial charge in [-0.15, -0.1) is 0 Å². The highest BCUT2D eigenvalue weighted by Crippen LogP contribution is 2.24. The van der Waals surface area contributed by atoms with Crippen molar-refractivity contribution in [3.05, 3.63) is 42.6 Å². The minimum absolute atomic E-state index is 0.0510. The lowest BCUT2D eigenvalue weighted by Gasteiger charge is -2.32. The largest absolute Gasteiger partial charge is 0.497 e. The maximum absolute atomic E-state index is 12.9. The molecule has 1 aliphatic heterocycles. The number of nitrogens with zero attached hydrogens (tertiary/aromatic N) is 3. The molecule has 9 nitrogen and oxygen atoms in total. The Bertz CT molecular complexity index is 1090. The van der Waals surface area contributed by atoms with Gasteiger partial charge in [0.05, 0.1) is 12.0 Å². The molecule has 1 N–H and O–H groups in total. The molecule has 0 unspecified atom stereocenters. The lowest BCUT2D eigenvalue weighted by Crippen LogP contribution is -2.42. The highest BCUT2D eigenvalue weighted by atomic mass is 32.2. The van der Waals surface area contributed by atoms with Crippen molar-refractivity contribution >= 4 is 25.9 Å². The van der Waals surface area contributed by atoms with Gasteiger partial charge in [-0.05, 0) is 49.2 Å². The van der Waals surface area contributed by atoms with E-state index >= 15 is 0 Å². The highest BCUT2D eigenvalue weighted by Gasteiger charge is 2.29. The number of nitrogens with one attached hydrogen (secondary N) is 1. The Labute approximate surface area is 190 Å². The Morgan fingerprint density at radius 1 is 1.00 bits per heavy atom. The second kappa shape index (κ2) is 10.2. The second-order valence-electron chi connectivity index (χ2n) is 7.47. The van der Waals surface area contributed by atoms with E-state index in [4.69, 9.17) is 4.74 Å². The van der Waals surface area contributed by atoms with Gasteiger partial charge in [0.1, 0.15) is 16.5 Å². The summed E-state index contributed by atoms with van der Waals surface area (Å²) in [7, 11) is -5.56. The number of rotatable bonds is 9. The zero-order valence-corrected chi connectivity index (χ0v) is 20.2. The van der Waals surface area contributed by atoms with Crippen molar-refractivity contribution in [3.63, 3.8) is 0 Å². The van der Waals surface area contributed by atoms with Crippen LogP contribution in [0.15, 0.2) is 52.4 Å². The van der Waals surface area contributed by atoms with Gasteiger partial charge in [0.15, 0.2) is 0 Å². The smallest absolute Gasteiger partial charge is 0.244 e. The first-order valence-corrected chi connectivity index (χ1v) is 13.5. The number of aromatic nitrogens is 1. The monoisotopic (exact) mass is 482 g/mol. The first kappa shape index (κ1) is 24.4. The fourth-order valence-corrected chi connectivity index (χ4v) is 6.55. The third kappa shape index (κ3) is 5.22. The van der Waals surface area contributed by atoms with Crippen molar-refractivity contribution in [2.24, 2.45) is 0 Å². The Balaban J connectivity index is 1.60. The Kier molecular flexibility index (Phi) is 7.75. The first-order valence-electron chi connectivity index (χ1n) is 10.6. The summed E-state index contributed by atoms with van der Waals surface area (Å²) in [6, 6.07) is 9.62. The third-order valence-corrected chi connectivity index (χ3v) is 9.53. The quantitative estimate of drug-likeness (QED) is 0.584. The van der Waals surface area contributed by atoms with Crippen LogP contribution in [-0.2, 0) is 20.0 Å². The average molecular weight is 483 g/mol. The number of methoxy groups -OCH3 is 1. The van der Waals surface area contributed by atoms with Gasteiger partial charge in [0.2, 0.25) is 20.0 Å². The van der Waals surface area contributed by atoms with Gasteiger partial charge in [-0.25, -0.2) is 21.8 Å². The van der Waals surface area contributed by atoms with Crippen molar-refractivity contribution in [3.8, 4) is 5.75 Å². The molecule has 1 aromatic carbocycles. The molecule has 11 heteroatoms. The predicted molar refractivity (Wildman–Crippen MR) is 123 cm³/mol. The van der Waals surface area contributed by atoms with Crippen molar-refractivity contribution in [2.75, 3.05) is 38.6 Å². The number of ether oxygens (including phenoxy) is 1. The molecule has 0 radical (unpaired) electrons. The summed E-state index contributed by atoms with van der Waals surface area (Å²) in [6.45, 7) is 5.17. The van der Waals surface area contributed by atoms with Crippen LogP contribution in [0.2, 0.25) is 0 Å². The SMILES string of the molecule is CCN(CC)S(=O)(=O)c1ccc(NC2CCN(S(=O)(=O)c3ccc(OC)cc3)CC2)nc1. The van der Waals surface area contributed by atoms with E-state index in [1.807, 2.05) is 0 Å². The van der Waals surface area contributed by atoms with E-state index in [0.717, 1.165) is 0 Å². The summed E-state index contributed by atoms with van der Waals surface area (Å²) in [5.74, 6) is 1.18. The summed E-state index contributed by atoms with van der Waals surface area (Å²) in [6.07, 6.45) is 2.60. The van der Waals surface area contributed by atoms with Crippen LogP contribution >= 0.6 is 0 Å². The molecule has 3 rings (SSSR count). The summed E-state index contributed by atoms with van der Waals surface area (Å²) < 4.78 is 58.9. The van der Waals surface area contributed by atoms with Crippen molar-refractivity contribution < 1.29 is 21.6 Å². The average Bonchev–Trinajstić information content (AvgIpc) is 2.80. The number of anilines is 1. The molecule has 1 saturated heterocycles. The zero-order valence-electron chi connectivity index (χ0n) is 18.6. The van der Waals surface area contributed by atoms with E-state index in [1.165, 1.54) is 21.9 Å². The van der Waals surface area contributed by atoms with Gasteiger partial charge in [-0.1, -0.05) is 13.8 Å². The Hall–Kier alpha value is -2.21. The molecule has 1 aliphatic rings. The Morgan fingerprint density at radius 3 is 2.09 bits per heavy atom. The summed E-state index contributed by atoms with van der Waals surface area (Å²) in [5.41, 5.74) is 0. The molecule has 0 amide bonds. The maximum Gasteiger partial charge on any atom is 0.244 e. The molecule has 0 saturated carbocycles. The normalized spacial score (nSPS) is 16.2. The van der Waals surface area contributed by atoms with Gasteiger partial charge >= 0.3 is 0 Å². The van der Waals surface area contributed by atoms with Gasteiger partial charge in [-0.2, -0.15) is 8.61 Å². The van der Waals surface area contributed by atoms with E-state index in [-0.39, 0.29) is 15.8 Å². The van der Waals surface area contributed by atoms with E-state index < -0.39 is 20.0 Å². The van der Waals surface area contributed by atoms with Crippen LogP contribution in [0.4, 0.5) is 5.82 Å². The fourth-order valence-electron chi connectivity index (χ4n) is 3.68. The van der Waals surface area contributed by atoms with E-state index in [9.17, 15) is 16.8 Å². The van der Waals surface area contributed by atoms with Gasteiger partial charge < -0.3 is 10.1 Å². The summed E-state index contributed by atoms with van der Waals surface area (Å²) >= 11 is 0.